The van der Waals surface area contributed by atoms with E-state index in [1.165, 1.54) is 0 Å². The molecule has 1 aromatic carbocycles. The van der Waals surface area contributed by atoms with Crippen molar-refractivity contribution in [3.63, 3.8) is 0 Å². The lowest BCUT2D eigenvalue weighted by Crippen LogP contribution is -2.08. The molecule has 0 heterocycles. The second-order valence-electron chi connectivity index (χ2n) is 2.34. The summed E-state index contributed by atoms with van der Waals surface area (Å²) in [5.74, 6) is 0.468. The van der Waals surface area contributed by atoms with Gasteiger partial charge in [-0.3, -0.25) is 5.43 Å². The van der Waals surface area contributed by atoms with Gasteiger partial charge in [0.2, 0.25) is 0 Å². The normalized spacial score (nSPS) is 11.3. The van der Waals surface area contributed by atoms with Crippen LogP contribution in [0.5, 0.6) is 0 Å². The number of anilines is 1. The van der Waals surface area contributed by atoms with Crippen LogP contribution in [0.4, 0.5) is 5.69 Å². The SMILES string of the molecule is CC(N)=NNc1ccccc1Cl. The fourth-order valence-electron chi connectivity index (χ4n) is 0.700. The minimum absolute atomic E-state index is 0.468. The Bertz CT molecular complexity index is 292. The summed E-state index contributed by atoms with van der Waals surface area (Å²) in [7, 11) is 0. The summed E-state index contributed by atoms with van der Waals surface area (Å²) < 4.78 is 0. The second kappa shape index (κ2) is 3.97. The molecule has 0 radical (unpaired) electrons. The molecule has 0 amide bonds. The van der Waals surface area contributed by atoms with E-state index in [4.69, 9.17) is 17.3 Å². The number of amidine groups is 1. The summed E-state index contributed by atoms with van der Waals surface area (Å²) in [5, 5.41) is 4.44. The number of nitrogens with two attached hydrogens (primary N) is 1. The fraction of sp³-hybridized carbons (Fsp3) is 0.125. The molecule has 0 fully saturated rings. The van der Waals surface area contributed by atoms with Gasteiger partial charge in [-0.1, -0.05) is 23.7 Å². The minimum Gasteiger partial charge on any atom is -0.386 e. The Labute approximate surface area is 76.2 Å². The van der Waals surface area contributed by atoms with Crippen LogP contribution in [0.1, 0.15) is 6.92 Å². The molecule has 1 rings (SSSR count). The summed E-state index contributed by atoms with van der Waals surface area (Å²) in [5.41, 5.74) is 8.83. The van der Waals surface area contributed by atoms with Crippen molar-refractivity contribution in [1.82, 2.24) is 0 Å². The molecule has 0 bridgehead atoms. The number of para-hydroxylation sites is 1. The van der Waals surface area contributed by atoms with Gasteiger partial charge in [0.25, 0.3) is 0 Å². The van der Waals surface area contributed by atoms with Crippen molar-refractivity contribution in [1.29, 1.82) is 0 Å². The molecule has 0 saturated heterocycles. The molecule has 0 spiro atoms. The summed E-state index contributed by atoms with van der Waals surface area (Å²) in [6.07, 6.45) is 0. The molecule has 0 aliphatic carbocycles. The molecule has 3 nitrogen and oxygen atoms in total. The lowest BCUT2D eigenvalue weighted by molar-refractivity contribution is 1.30. The molecular formula is C8H10ClN3. The Balaban J connectivity index is 2.76. The zero-order valence-corrected chi connectivity index (χ0v) is 7.47. The van der Waals surface area contributed by atoms with E-state index in [-0.39, 0.29) is 0 Å². The molecule has 0 atom stereocenters. The van der Waals surface area contributed by atoms with Gasteiger partial charge in [-0.25, -0.2) is 0 Å². The molecule has 1 aromatic rings. The van der Waals surface area contributed by atoms with Crippen LogP contribution in [-0.2, 0) is 0 Å². The second-order valence-corrected chi connectivity index (χ2v) is 2.75. The predicted molar refractivity (Wildman–Crippen MR) is 52.4 cm³/mol. The topological polar surface area (TPSA) is 50.4 Å². The zero-order chi connectivity index (χ0) is 8.97. The van der Waals surface area contributed by atoms with Crippen molar-refractivity contribution < 1.29 is 0 Å². The van der Waals surface area contributed by atoms with Gasteiger partial charge < -0.3 is 5.73 Å². The van der Waals surface area contributed by atoms with Crippen LogP contribution in [-0.4, -0.2) is 5.84 Å². The number of nitrogens with one attached hydrogen (secondary N) is 1. The Morgan fingerprint density at radius 1 is 1.50 bits per heavy atom. The molecular weight excluding hydrogens is 174 g/mol. The number of halogens is 1. The highest BCUT2D eigenvalue weighted by Crippen LogP contribution is 2.19. The van der Waals surface area contributed by atoms with Crippen molar-refractivity contribution in [3.05, 3.63) is 29.3 Å². The van der Waals surface area contributed by atoms with E-state index in [0.29, 0.717) is 10.9 Å². The molecule has 0 unspecified atom stereocenters. The van der Waals surface area contributed by atoms with Crippen molar-refractivity contribution in [3.8, 4) is 0 Å². The van der Waals surface area contributed by atoms with Crippen LogP contribution < -0.4 is 11.2 Å². The number of nitrogens with zero attached hydrogens (tertiary/aromatic N) is 1. The maximum absolute atomic E-state index is 5.84. The quantitative estimate of drug-likeness (QED) is 0.419. The van der Waals surface area contributed by atoms with E-state index >= 15 is 0 Å². The smallest absolute Gasteiger partial charge is 0.116 e. The van der Waals surface area contributed by atoms with Crippen LogP contribution in [0.15, 0.2) is 29.4 Å². The summed E-state index contributed by atoms with van der Waals surface area (Å²) in [6, 6.07) is 7.34. The van der Waals surface area contributed by atoms with E-state index in [2.05, 4.69) is 10.5 Å². The molecule has 0 aliphatic rings. The monoisotopic (exact) mass is 183 g/mol. The van der Waals surface area contributed by atoms with Gasteiger partial charge in [0, 0.05) is 0 Å². The van der Waals surface area contributed by atoms with E-state index in [1.54, 1.807) is 13.0 Å². The van der Waals surface area contributed by atoms with Gasteiger partial charge in [0.05, 0.1) is 10.7 Å². The highest BCUT2D eigenvalue weighted by atomic mass is 35.5. The van der Waals surface area contributed by atoms with Crippen molar-refractivity contribution in [2.24, 2.45) is 10.8 Å². The van der Waals surface area contributed by atoms with Gasteiger partial charge >= 0.3 is 0 Å². The predicted octanol–water partition coefficient (Wildman–Crippen LogP) is 2.04. The maximum atomic E-state index is 5.84. The third-order valence-corrected chi connectivity index (χ3v) is 1.56. The summed E-state index contributed by atoms with van der Waals surface area (Å²) in [4.78, 5) is 0. The summed E-state index contributed by atoms with van der Waals surface area (Å²) in [6.45, 7) is 1.70. The van der Waals surface area contributed by atoms with Crippen LogP contribution in [0.3, 0.4) is 0 Å². The standard InChI is InChI=1S/C8H10ClN3/c1-6(10)11-12-8-5-3-2-4-7(8)9/h2-5,12H,1H3,(H2,10,11). The van der Waals surface area contributed by atoms with Gasteiger partial charge in [0.1, 0.15) is 5.84 Å². The Kier molecular flexibility index (Phi) is 2.94. The van der Waals surface area contributed by atoms with Crippen LogP contribution in [0.25, 0.3) is 0 Å². The summed E-state index contributed by atoms with van der Waals surface area (Å²) >= 11 is 5.84. The van der Waals surface area contributed by atoms with E-state index in [1.807, 2.05) is 18.2 Å². The van der Waals surface area contributed by atoms with Gasteiger partial charge in [0.15, 0.2) is 0 Å². The van der Waals surface area contributed by atoms with Crippen LogP contribution in [0, 0.1) is 0 Å². The van der Waals surface area contributed by atoms with E-state index < -0.39 is 0 Å². The third-order valence-electron chi connectivity index (χ3n) is 1.23. The lowest BCUT2D eigenvalue weighted by Gasteiger charge is -2.01. The first-order valence-corrected chi connectivity index (χ1v) is 3.88. The average Bonchev–Trinajstić information content (AvgIpc) is 2.03. The fourth-order valence-corrected chi connectivity index (χ4v) is 0.878. The Morgan fingerprint density at radius 2 is 2.17 bits per heavy atom. The zero-order valence-electron chi connectivity index (χ0n) is 6.71. The Hall–Kier alpha value is -1.22. The van der Waals surface area contributed by atoms with E-state index in [9.17, 15) is 0 Å². The molecule has 0 aliphatic heterocycles. The molecule has 64 valence electrons. The number of benzene rings is 1. The molecule has 3 N–H and O–H groups in total. The average molecular weight is 184 g/mol. The minimum atomic E-state index is 0.468. The van der Waals surface area contributed by atoms with Gasteiger partial charge in [-0.2, -0.15) is 5.10 Å². The van der Waals surface area contributed by atoms with Crippen LogP contribution in [0.2, 0.25) is 5.02 Å². The maximum Gasteiger partial charge on any atom is 0.116 e. The van der Waals surface area contributed by atoms with Crippen molar-refractivity contribution >= 4 is 23.1 Å². The number of hydrazone groups is 1. The number of hydrogen-bond donors (Lipinski definition) is 2. The number of hydrogen-bond acceptors (Lipinski definition) is 2. The van der Waals surface area contributed by atoms with Crippen molar-refractivity contribution in [2.45, 2.75) is 6.92 Å². The first-order chi connectivity index (χ1) is 5.70. The first-order valence-electron chi connectivity index (χ1n) is 3.50. The molecule has 0 aromatic heterocycles. The first kappa shape index (κ1) is 8.87. The molecule has 12 heavy (non-hydrogen) atoms. The highest BCUT2D eigenvalue weighted by molar-refractivity contribution is 6.33. The van der Waals surface area contributed by atoms with E-state index in [0.717, 1.165) is 5.69 Å². The van der Waals surface area contributed by atoms with Crippen molar-refractivity contribution in [2.75, 3.05) is 5.43 Å². The highest BCUT2D eigenvalue weighted by Gasteiger charge is 1.94. The van der Waals surface area contributed by atoms with Gasteiger partial charge in [-0.05, 0) is 19.1 Å². The lowest BCUT2D eigenvalue weighted by atomic mass is 10.3. The number of rotatable bonds is 2. The molecule has 4 heteroatoms. The van der Waals surface area contributed by atoms with Gasteiger partial charge in [-0.15, -0.1) is 0 Å². The molecule has 0 saturated carbocycles. The largest absolute Gasteiger partial charge is 0.386 e. The van der Waals surface area contributed by atoms with Crippen LogP contribution >= 0.6 is 11.6 Å². The third kappa shape index (κ3) is 2.43. The Morgan fingerprint density at radius 3 is 2.75 bits per heavy atom.